The third-order valence-electron chi connectivity index (χ3n) is 8.20. The molecule has 13 nitrogen and oxygen atoms in total. The quantitative estimate of drug-likeness (QED) is 0.0359. The molecule has 1 amide bonds. The maximum absolute atomic E-state index is 12.7. The lowest BCUT2D eigenvalue weighted by Gasteiger charge is -2.41. The molecule has 0 radical (unpaired) electrons. The van der Waals surface area contributed by atoms with E-state index < -0.39 is 75.2 Å². The first-order valence-electron chi connectivity index (χ1n) is 17.5. The third-order valence-corrected chi connectivity index (χ3v) is 9.19. The van der Waals surface area contributed by atoms with Crippen molar-refractivity contribution in [2.45, 2.75) is 165 Å². The molecular formula is C34H62NO12P. The predicted molar refractivity (Wildman–Crippen MR) is 183 cm³/mol. The van der Waals surface area contributed by atoms with Gasteiger partial charge in [0.2, 0.25) is 5.91 Å². The standard InChI is InChI=1S/C34H62NO12P/c1-3-5-7-8-9-10-11-12-13-14-15-16-17-18-20-21-25(36)23-28(38)35-26(27(37)22-19-6-4-2)24-46-48(44,45)47-34-32(42)30(40)29(39)31(41)33(34)43/h9-10,12-13,19,22,25-27,29-34,36-37,39-43H,3-8,11,14-18,20-21,23-24H2,1-2H3,(H,35,38)(H,44,45)/b10-9-,13-12-,22-19+. The fourth-order valence-corrected chi connectivity index (χ4v) is 6.18. The highest BCUT2D eigenvalue weighted by atomic mass is 31.2. The summed E-state index contributed by atoms with van der Waals surface area (Å²) < 4.78 is 22.4. The number of allylic oxidation sites excluding steroid dienone is 5. The fraction of sp³-hybridized carbons (Fsp3) is 0.794. The van der Waals surface area contributed by atoms with Gasteiger partial charge in [-0.1, -0.05) is 95.2 Å². The lowest BCUT2D eigenvalue weighted by atomic mass is 9.85. The number of unbranched alkanes of at least 4 members (excludes halogenated alkanes) is 9. The second kappa shape index (κ2) is 25.5. The van der Waals surface area contributed by atoms with E-state index in [1.165, 1.54) is 25.3 Å². The van der Waals surface area contributed by atoms with Crippen molar-refractivity contribution in [3.05, 3.63) is 36.5 Å². The van der Waals surface area contributed by atoms with Gasteiger partial charge in [-0.25, -0.2) is 4.57 Å². The van der Waals surface area contributed by atoms with Gasteiger partial charge in [0, 0.05) is 0 Å². The molecule has 0 saturated heterocycles. The number of aliphatic hydroxyl groups is 7. The third kappa shape index (κ3) is 18.5. The van der Waals surface area contributed by atoms with Crippen molar-refractivity contribution in [1.29, 1.82) is 0 Å². The van der Waals surface area contributed by atoms with Crippen LogP contribution in [-0.2, 0) is 18.4 Å². The fourth-order valence-electron chi connectivity index (χ4n) is 5.22. The van der Waals surface area contributed by atoms with Crippen molar-refractivity contribution in [2.75, 3.05) is 6.61 Å². The van der Waals surface area contributed by atoms with Crippen molar-refractivity contribution >= 4 is 13.7 Å². The van der Waals surface area contributed by atoms with Crippen LogP contribution in [0.1, 0.15) is 110 Å². The molecule has 9 N–H and O–H groups in total. The molecule has 0 bridgehead atoms. The van der Waals surface area contributed by atoms with Gasteiger partial charge in [-0.15, -0.1) is 0 Å². The molecular weight excluding hydrogens is 645 g/mol. The van der Waals surface area contributed by atoms with Crippen LogP contribution >= 0.6 is 7.82 Å². The molecule has 0 aromatic rings. The van der Waals surface area contributed by atoms with Crippen LogP contribution in [-0.4, -0.2) is 108 Å². The number of nitrogens with one attached hydrogen (secondary N) is 1. The van der Waals surface area contributed by atoms with Crippen molar-refractivity contribution in [1.82, 2.24) is 5.32 Å². The number of amides is 1. The minimum absolute atomic E-state index is 0.258. The zero-order valence-corrected chi connectivity index (χ0v) is 29.5. The maximum atomic E-state index is 12.7. The number of phosphoric acid groups is 1. The minimum atomic E-state index is -5.11. The summed E-state index contributed by atoms with van der Waals surface area (Å²) in [4.78, 5) is 22.9. The van der Waals surface area contributed by atoms with E-state index in [9.17, 15) is 50.0 Å². The van der Waals surface area contributed by atoms with Crippen molar-refractivity contribution in [2.24, 2.45) is 0 Å². The Labute approximate surface area is 286 Å². The number of hydrogen-bond donors (Lipinski definition) is 9. The van der Waals surface area contributed by atoms with Crippen LogP contribution in [0.15, 0.2) is 36.5 Å². The molecule has 8 unspecified atom stereocenters. The number of rotatable bonds is 26. The Hall–Kier alpha value is -1.48. The zero-order valence-electron chi connectivity index (χ0n) is 28.6. The molecule has 8 atom stereocenters. The number of phosphoric ester groups is 1. The molecule has 0 spiro atoms. The lowest BCUT2D eigenvalue weighted by molar-refractivity contribution is -0.220. The van der Waals surface area contributed by atoms with E-state index in [1.807, 2.05) is 6.92 Å². The monoisotopic (exact) mass is 707 g/mol. The molecule has 0 heterocycles. The first-order valence-corrected chi connectivity index (χ1v) is 19.0. The summed E-state index contributed by atoms with van der Waals surface area (Å²) in [5.74, 6) is -0.617. The maximum Gasteiger partial charge on any atom is 0.472 e. The second-order valence-corrected chi connectivity index (χ2v) is 14.0. The van der Waals surface area contributed by atoms with Crippen molar-refractivity contribution in [3.8, 4) is 0 Å². The molecule has 0 aliphatic heterocycles. The van der Waals surface area contributed by atoms with Crippen LogP contribution in [0.3, 0.4) is 0 Å². The first-order chi connectivity index (χ1) is 22.8. The average Bonchev–Trinajstić information content (AvgIpc) is 3.05. The van der Waals surface area contributed by atoms with Crippen molar-refractivity contribution < 1.29 is 59.0 Å². The van der Waals surface area contributed by atoms with Gasteiger partial charge in [0.15, 0.2) is 0 Å². The minimum Gasteiger partial charge on any atom is -0.393 e. The summed E-state index contributed by atoms with van der Waals surface area (Å²) in [6.07, 6.45) is 11.1. The number of carbonyl (C=O) groups is 1. The predicted octanol–water partition coefficient (Wildman–Crippen LogP) is 3.07. The Balaban J connectivity index is 2.49. The Kier molecular flexibility index (Phi) is 23.6. The van der Waals surface area contributed by atoms with Gasteiger partial charge in [0.25, 0.3) is 0 Å². The Bertz CT molecular complexity index is 979. The molecule has 14 heteroatoms. The van der Waals surface area contributed by atoms with Crippen LogP contribution < -0.4 is 5.32 Å². The molecule has 1 fully saturated rings. The van der Waals surface area contributed by atoms with Crippen LogP contribution in [0, 0.1) is 0 Å². The Morgan fingerprint density at radius 2 is 1.31 bits per heavy atom. The van der Waals surface area contributed by atoms with Gasteiger partial charge in [-0.2, -0.15) is 0 Å². The van der Waals surface area contributed by atoms with E-state index in [4.69, 9.17) is 9.05 Å². The first kappa shape index (κ1) is 44.5. The van der Waals surface area contributed by atoms with Crippen molar-refractivity contribution in [3.63, 3.8) is 0 Å². The van der Waals surface area contributed by atoms with E-state index in [0.29, 0.717) is 12.8 Å². The highest BCUT2D eigenvalue weighted by Gasteiger charge is 2.51. The van der Waals surface area contributed by atoms with Crippen LogP contribution in [0.2, 0.25) is 0 Å². The van der Waals surface area contributed by atoms with Gasteiger partial charge >= 0.3 is 7.82 Å². The summed E-state index contributed by atoms with van der Waals surface area (Å²) in [6.45, 7) is 3.38. The highest BCUT2D eigenvalue weighted by Crippen LogP contribution is 2.47. The van der Waals surface area contributed by atoms with Gasteiger partial charge in [-0.05, 0) is 44.9 Å². The topological polar surface area (TPSA) is 226 Å². The van der Waals surface area contributed by atoms with Crippen LogP contribution in [0.5, 0.6) is 0 Å². The molecule has 48 heavy (non-hydrogen) atoms. The van der Waals surface area contributed by atoms with Gasteiger partial charge in [0.1, 0.15) is 36.6 Å². The molecule has 1 aliphatic carbocycles. The van der Waals surface area contributed by atoms with Gasteiger partial charge in [0.05, 0.1) is 31.3 Å². The SMILES string of the molecule is CCC/C=C/C(O)C(COP(=O)(O)OC1C(O)C(O)C(O)C(O)C1O)NC(=O)CC(O)CCCCCCC/C=C\C/C=C\CCCCC. The van der Waals surface area contributed by atoms with Crippen LogP contribution in [0.4, 0.5) is 0 Å². The summed E-state index contributed by atoms with van der Waals surface area (Å²) in [6, 6.07) is -1.24. The Morgan fingerprint density at radius 3 is 1.92 bits per heavy atom. The van der Waals surface area contributed by atoms with E-state index >= 15 is 0 Å². The second-order valence-electron chi connectivity index (χ2n) is 12.5. The normalized spacial score (nSPS) is 26.6. The summed E-state index contributed by atoms with van der Waals surface area (Å²) in [5.41, 5.74) is 0. The van der Waals surface area contributed by atoms with E-state index in [1.54, 1.807) is 6.08 Å². The summed E-state index contributed by atoms with van der Waals surface area (Å²) in [5, 5.41) is 73.2. The lowest BCUT2D eigenvalue weighted by Crippen LogP contribution is -2.64. The number of aliphatic hydroxyl groups excluding tert-OH is 7. The number of carbonyl (C=O) groups excluding carboxylic acids is 1. The van der Waals surface area contributed by atoms with E-state index in [-0.39, 0.29) is 6.42 Å². The molecule has 0 aromatic carbocycles. The summed E-state index contributed by atoms with van der Waals surface area (Å²) in [7, 11) is -5.11. The molecule has 1 aliphatic rings. The number of hydrogen-bond acceptors (Lipinski definition) is 11. The van der Waals surface area contributed by atoms with Crippen LogP contribution in [0.25, 0.3) is 0 Å². The molecule has 280 valence electrons. The highest BCUT2D eigenvalue weighted by molar-refractivity contribution is 7.47. The van der Waals surface area contributed by atoms with E-state index in [0.717, 1.165) is 57.8 Å². The van der Waals surface area contributed by atoms with E-state index in [2.05, 4.69) is 36.5 Å². The molecule has 1 saturated carbocycles. The summed E-state index contributed by atoms with van der Waals surface area (Å²) >= 11 is 0. The van der Waals surface area contributed by atoms with Gasteiger partial charge in [-0.3, -0.25) is 13.8 Å². The molecule has 1 rings (SSSR count). The molecule has 0 aromatic heterocycles. The van der Waals surface area contributed by atoms with Gasteiger partial charge < -0.3 is 46.0 Å². The smallest absolute Gasteiger partial charge is 0.393 e. The largest absolute Gasteiger partial charge is 0.472 e. The Morgan fingerprint density at radius 1 is 0.750 bits per heavy atom. The zero-order chi connectivity index (χ0) is 36.0. The average molecular weight is 708 g/mol.